The van der Waals surface area contributed by atoms with Crippen molar-refractivity contribution in [3.8, 4) is 0 Å². The van der Waals surface area contributed by atoms with Gasteiger partial charge in [0, 0.05) is 23.7 Å². The van der Waals surface area contributed by atoms with Crippen LogP contribution in [0.2, 0.25) is 0 Å². The van der Waals surface area contributed by atoms with Gasteiger partial charge in [-0.15, -0.1) is 11.3 Å². The third-order valence-electron chi connectivity index (χ3n) is 5.40. The summed E-state index contributed by atoms with van der Waals surface area (Å²) in [7, 11) is 0. The number of aryl methyl sites for hydroxylation is 2. The molecule has 4 rings (SSSR count). The Morgan fingerprint density at radius 3 is 2.96 bits per heavy atom. The first-order valence-electron chi connectivity index (χ1n) is 10.1. The molecule has 0 unspecified atom stereocenters. The minimum absolute atomic E-state index is 0.0340. The zero-order valence-corrected chi connectivity index (χ0v) is 17.3. The van der Waals surface area contributed by atoms with E-state index >= 15 is 0 Å². The Hall–Kier alpha value is -2.47. The summed E-state index contributed by atoms with van der Waals surface area (Å²) in [4.78, 5) is 26.5. The van der Waals surface area contributed by atoms with Gasteiger partial charge in [0.15, 0.2) is 0 Å². The van der Waals surface area contributed by atoms with Gasteiger partial charge in [-0.05, 0) is 49.4 Å². The molecule has 3 aromatic rings. The van der Waals surface area contributed by atoms with E-state index in [2.05, 4.69) is 52.2 Å². The third kappa shape index (κ3) is 3.87. The van der Waals surface area contributed by atoms with Crippen LogP contribution in [0.4, 0.5) is 11.5 Å². The van der Waals surface area contributed by atoms with E-state index in [1.807, 2.05) is 12.1 Å². The normalized spacial score (nSPS) is 17.1. The molecule has 3 heterocycles. The van der Waals surface area contributed by atoms with Crippen molar-refractivity contribution in [3.63, 3.8) is 0 Å². The van der Waals surface area contributed by atoms with Gasteiger partial charge in [-0.3, -0.25) is 4.79 Å². The predicted molar refractivity (Wildman–Crippen MR) is 116 cm³/mol. The highest BCUT2D eigenvalue weighted by atomic mass is 32.1. The standard InChI is InChI=1S/C22H26N4OS/c1-3-15-7-5-9-17(11-15)25-21(27)16-8-6-10-26(13-16)20-19-12-18(4-2)28-22(19)24-14-23-20/h5,7,9,11-12,14,16H,3-4,6,8,10,13H2,1-2H3,(H,25,27)/t16-/m1/s1. The van der Waals surface area contributed by atoms with Gasteiger partial charge in [0.2, 0.25) is 5.91 Å². The van der Waals surface area contributed by atoms with E-state index in [0.717, 1.165) is 53.9 Å². The van der Waals surface area contributed by atoms with Crippen molar-refractivity contribution >= 4 is 39.0 Å². The first-order chi connectivity index (χ1) is 13.7. The second kappa shape index (κ2) is 8.27. The number of hydrogen-bond donors (Lipinski definition) is 1. The van der Waals surface area contributed by atoms with E-state index in [1.54, 1.807) is 17.7 Å². The van der Waals surface area contributed by atoms with E-state index in [4.69, 9.17) is 0 Å². The minimum atomic E-state index is -0.0340. The van der Waals surface area contributed by atoms with E-state index in [1.165, 1.54) is 10.4 Å². The maximum absolute atomic E-state index is 12.9. The second-order valence-electron chi connectivity index (χ2n) is 7.31. The van der Waals surface area contributed by atoms with Gasteiger partial charge in [0.25, 0.3) is 0 Å². The number of nitrogens with zero attached hydrogens (tertiary/aromatic N) is 3. The van der Waals surface area contributed by atoms with Crippen molar-refractivity contribution in [2.75, 3.05) is 23.3 Å². The molecular formula is C22H26N4OS. The molecule has 0 saturated carbocycles. The van der Waals surface area contributed by atoms with Gasteiger partial charge in [-0.2, -0.15) is 0 Å². The Labute approximate surface area is 169 Å². The zero-order valence-electron chi connectivity index (χ0n) is 16.4. The van der Waals surface area contributed by atoms with E-state index in [9.17, 15) is 4.79 Å². The Bertz CT molecular complexity index is 984. The van der Waals surface area contributed by atoms with Crippen LogP contribution in [-0.2, 0) is 17.6 Å². The molecule has 1 amide bonds. The number of nitrogens with one attached hydrogen (secondary N) is 1. The molecule has 5 nitrogen and oxygen atoms in total. The van der Waals surface area contributed by atoms with Crippen LogP contribution in [-0.4, -0.2) is 29.0 Å². The number of hydrogen-bond acceptors (Lipinski definition) is 5. The molecule has 1 aliphatic heterocycles. The van der Waals surface area contributed by atoms with E-state index in [0.29, 0.717) is 6.54 Å². The van der Waals surface area contributed by atoms with Crippen LogP contribution in [0.25, 0.3) is 10.2 Å². The fourth-order valence-electron chi connectivity index (χ4n) is 3.82. The summed E-state index contributed by atoms with van der Waals surface area (Å²) in [6.07, 6.45) is 5.51. The number of fused-ring (bicyclic) bond motifs is 1. The average molecular weight is 395 g/mol. The Kier molecular flexibility index (Phi) is 5.57. The molecule has 0 radical (unpaired) electrons. The SMILES string of the molecule is CCc1cccc(NC(=O)[C@@H]2CCCN(c3ncnc4sc(CC)cc34)C2)c1. The molecule has 28 heavy (non-hydrogen) atoms. The van der Waals surface area contributed by atoms with Gasteiger partial charge in [-0.25, -0.2) is 9.97 Å². The van der Waals surface area contributed by atoms with Crippen LogP contribution < -0.4 is 10.2 Å². The maximum atomic E-state index is 12.9. The summed E-state index contributed by atoms with van der Waals surface area (Å²) in [5.74, 6) is 1.03. The predicted octanol–water partition coefficient (Wildman–Crippen LogP) is 4.67. The van der Waals surface area contributed by atoms with E-state index in [-0.39, 0.29) is 11.8 Å². The van der Waals surface area contributed by atoms with Crippen LogP contribution in [0.15, 0.2) is 36.7 Å². The largest absolute Gasteiger partial charge is 0.355 e. The molecule has 1 N–H and O–H groups in total. The highest BCUT2D eigenvalue weighted by Crippen LogP contribution is 2.32. The second-order valence-corrected chi connectivity index (χ2v) is 8.43. The van der Waals surface area contributed by atoms with E-state index < -0.39 is 0 Å². The molecule has 6 heteroatoms. The molecule has 0 spiro atoms. The van der Waals surface area contributed by atoms with Crippen molar-refractivity contribution in [2.45, 2.75) is 39.5 Å². The molecule has 2 aromatic heterocycles. The van der Waals surface area contributed by atoms with Crippen LogP contribution in [0, 0.1) is 5.92 Å². The molecule has 1 saturated heterocycles. The fraction of sp³-hybridized carbons (Fsp3) is 0.409. The summed E-state index contributed by atoms with van der Waals surface area (Å²) in [6.45, 7) is 5.91. The van der Waals surface area contributed by atoms with Gasteiger partial charge < -0.3 is 10.2 Å². The summed E-state index contributed by atoms with van der Waals surface area (Å²) in [5.41, 5.74) is 2.12. The zero-order chi connectivity index (χ0) is 19.5. The number of amides is 1. The number of piperidine rings is 1. The van der Waals surface area contributed by atoms with Crippen LogP contribution in [0.1, 0.15) is 37.1 Å². The number of anilines is 2. The molecule has 0 aliphatic carbocycles. The van der Waals surface area contributed by atoms with Crippen molar-refractivity contribution in [1.29, 1.82) is 0 Å². The maximum Gasteiger partial charge on any atom is 0.229 e. The molecule has 1 atom stereocenters. The summed E-state index contributed by atoms with van der Waals surface area (Å²) in [6, 6.07) is 10.3. The Morgan fingerprint density at radius 2 is 2.14 bits per heavy atom. The Morgan fingerprint density at radius 1 is 1.25 bits per heavy atom. The summed E-state index contributed by atoms with van der Waals surface area (Å²) in [5, 5.41) is 4.22. The van der Waals surface area contributed by atoms with Crippen molar-refractivity contribution in [1.82, 2.24) is 9.97 Å². The first-order valence-corrected chi connectivity index (χ1v) is 10.9. The number of rotatable bonds is 5. The summed E-state index contributed by atoms with van der Waals surface area (Å²) >= 11 is 1.73. The third-order valence-corrected chi connectivity index (χ3v) is 6.59. The molecule has 1 aromatic carbocycles. The van der Waals surface area contributed by atoms with Crippen LogP contribution >= 0.6 is 11.3 Å². The highest BCUT2D eigenvalue weighted by Gasteiger charge is 2.28. The minimum Gasteiger partial charge on any atom is -0.355 e. The summed E-state index contributed by atoms with van der Waals surface area (Å²) < 4.78 is 0. The molecule has 146 valence electrons. The topological polar surface area (TPSA) is 58.1 Å². The Balaban J connectivity index is 1.51. The number of carbonyl (C=O) groups is 1. The molecular weight excluding hydrogens is 368 g/mol. The van der Waals surface area contributed by atoms with Crippen LogP contribution in [0.3, 0.4) is 0 Å². The highest BCUT2D eigenvalue weighted by molar-refractivity contribution is 7.18. The molecule has 0 bridgehead atoms. The number of aromatic nitrogens is 2. The van der Waals surface area contributed by atoms with Gasteiger partial charge in [0.05, 0.1) is 11.3 Å². The van der Waals surface area contributed by atoms with Crippen molar-refractivity contribution in [2.24, 2.45) is 5.92 Å². The monoisotopic (exact) mass is 394 g/mol. The van der Waals surface area contributed by atoms with Crippen molar-refractivity contribution in [3.05, 3.63) is 47.1 Å². The number of benzene rings is 1. The number of carbonyl (C=O) groups excluding carboxylic acids is 1. The van der Waals surface area contributed by atoms with Gasteiger partial charge >= 0.3 is 0 Å². The smallest absolute Gasteiger partial charge is 0.229 e. The number of thiophene rings is 1. The van der Waals surface area contributed by atoms with Crippen molar-refractivity contribution < 1.29 is 4.79 Å². The molecule has 1 fully saturated rings. The van der Waals surface area contributed by atoms with Gasteiger partial charge in [0.1, 0.15) is 17.0 Å². The quantitative estimate of drug-likeness (QED) is 0.683. The average Bonchev–Trinajstić information content (AvgIpc) is 3.17. The van der Waals surface area contributed by atoms with Gasteiger partial charge in [-0.1, -0.05) is 26.0 Å². The lowest BCUT2D eigenvalue weighted by Crippen LogP contribution is -2.41. The lowest BCUT2D eigenvalue weighted by atomic mass is 9.96. The lowest BCUT2D eigenvalue weighted by Gasteiger charge is -2.33. The van der Waals surface area contributed by atoms with Crippen LogP contribution in [0.5, 0.6) is 0 Å². The molecule has 1 aliphatic rings. The lowest BCUT2D eigenvalue weighted by molar-refractivity contribution is -0.120. The first kappa shape index (κ1) is 18.9. The fourth-order valence-corrected chi connectivity index (χ4v) is 4.75.